The quantitative estimate of drug-likeness (QED) is 0.145. The maximum absolute atomic E-state index is 9.43. The van der Waals surface area contributed by atoms with E-state index in [0.717, 1.165) is 82.2 Å². The molecular weight excluding hydrogens is 1770 g/mol. The Balaban J connectivity index is 0.000000104. The average Bonchev–Trinajstić information content (AvgIpc) is 1.44. The van der Waals surface area contributed by atoms with E-state index in [1.165, 1.54) is 183 Å². The molecule has 0 saturated carbocycles. The van der Waals surface area contributed by atoms with Gasteiger partial charge in [-0.3, -0.25) is 4.57 Å². The molecule has 10 nitrogen and oxygen atoms in total. The number of fused-ring (bicyclic) bond motifs is 43. The number of hydrogen-bond donors (Lipinski definition) is 0. The van der Waals surface area contributed by atoms with E-state index in [-0.39, 0.29) is 0 Å². The van der Waals surface area contributed by atoms with Gasteiger partial charge in [0.05, 0.1) is 72.3 Å². The van der Waals surface area contributed by atoms with E-state index in [2.05, 4.69) is 420 Å². The maximum Gasteiger partial charge on any atom is 0.235 e. The Morgan fingerprint density at radius 2 is 0.514 bits per heavy atom. The Labute approximate surface area is 827 Å². The second-order valence-electron chi connectivity index (χ2n) is 37.2. The van der Waals surface area contributed by atoms with Crippen LogP contribution in [0.1, 0.15) is 11.1 Å². The smallest absolute Gasteiger partial charge is 0.235 e. The fourth-order valence-electron chi connectivity index (χ4n) is 23.5. The van der Waals surface area contributed by atoms with Crippen LogP contribution in [0.4, 0.5) is 0 Å². The highest BCUT2D eigenvalue weighted by atomic mass is 32.1. The van der Waals surface area contributed by atoms with Crippen LogP contribution in [-0.2, 0) is 0 Å². The molecule has 11 heteroatoms. The lowest BCUT2D eigenvalue weighted by atomic mass is 9.88. The monoisotopic (exact) mass is 1840 g/mol. The minimum atomic E-state index is 0.548. The molecule has 0 bridgehead atoms. The summed E-state index contributed by atoms with van der Waals surface area (Å²) in [6.45, 7) is 0. The van der Waals surface area contributed by atoms with Crippen molar-refractivity contribution in [2.45, 2.75) is 0 Å². The van der Waals surface area contributed by atoms with Crippen molar-refractivity contribution in [2.75, 3.05) is 0 Å². The number of hydrogen-bond acceptors (Lipinski definition) is 8. The summed E-state index contributed by atoms with van der Waals surface area (Å²) in [5.41, 5.74) is 16.0. The lowest BCUT2D eigenvalue weighted by Gasteiger charge is -2.16. The molecule has 664 valence electrons. The largest absolute Gasteiger partial charge is 0.309 e. The van der Waals surface area contributed by atoms with Crippen LogP contribution in [-0.4, -0.2) is 38.6 Å². The van der Waals surface area contributed by atoms with Crippen LogP contribution in [0.25, 0.3) is 289 Å². The average molecular weight is 1850 g/mol. The Kier molecular flexibility index (Phi) is 18.5. The van der Waals surface area contributed by atoms with Crippen LogP contribution < -0.4 is 0 Å². The fourth-order valence-corrected chi connectivity index (χ4v) is 24.6. The van der Waals surface area contributed by atoms with Crippen molar-refractivity contribution in [1.29, 1.82) is 10.5 Å². The first-order valence-electron chi connectivity index (χ1n) is 48.5. The van der Waals surface area contributed by atoms with Crippen LogP contribution >= 0.6 is 11.3 Å². The summed E-state index contributed by atoms with van der Waals surface area (Å²) < 4.78 is 9.51. The molecule has 0 aliphatic heterocycles. The minimum absolute atomic E-state index is 0.548. The first-order chi connectivity index (χ1) is 71.4. The van der Waals surface area contributed by atoms with E-state index >= 15 is 0 Å². The molecule has 31 rings (SSSR count). The molecule has 31 aromatic rings. The summed E-state index contributed by atoms with van der Waals surface area (Å²) in [5.74, 6) is 2.39. The summed E-state index contributed by atoms with van der Waals surface area (Å²) in [7, 11) is 0. The van der Waals surface area contributed by atoms with E-state index in [4.69, 9.17) is 24.9 Å². The van der Waals surface area contributed by atoms with E-state index in [9.17, 15) is 10.5 Å². The van der Waals surface area contributed by atoms with Gasteiger partial charge in [0.15, 0.2) is 17.5 Å². The third-order valence-electron chi connectivity index (χ3n) is 29.5. The van der Waals surface area contributed by atoms with Gasteiger partial charge in [0, 0.05) is 108 Å². The Morgan fingerprint density at radius 1 is 0.201 bits per heavy atom. The predicted octanol–water partition coefficient (Wildman–Crippen LogP) is 35.1. The summed E-state index contributed by atoms with van der Waals surface area (Å²) in [5, 5.41) is 59.9. The van der Waals surface area contributed by atoms with Crippen molar-refractivity contribution in [1.82, 2.24) is 38.6 Å². The second kappa shape index (κ2) is 32.6. The van der Waals surface area contributed by atoms with Crippen LogP contribution in [0.5, 0.6) is 0 Å². The van der Waals surface area contributed by atoms with Crippen LogP contribution in [0.3, 0.4) is 0 Å². The predicted molar refractivity (Wildman–Crippen MR) is 603 cm³/mol. The molecule has 0 aliphatic carbocycles. The van der Waals surface area contributed by atoms with Gasteiger partial charge in [0.1, 0.15) is 0 Å². The van der Waals surface area contributed by atoms with Gasteiger partial charge >= 0.3 is 0 Å². The zero-order valence-corrected chi connectivity index (χ0v) is 78.1. The molecule has 0 aliphatic rings. The van der Waals surface area contributed by atoms with Gasteiger partial charge in [0.25, 0.3) is 0 Å². The molecule has 0 unspecified atom stereocenters. The lowest BCUT2D eigenvalue weighted by Crippen LogP contribution is -2.03. The van der Waals surface area contributed by atoms with Crippen molar-refractivity contribution in [3.63, 3.8) is 0 Å². The second-order valence-corrected chi connectivity index (χ2v) is 38.2. The highest BCUT2D eigenvalue weighted by Crippen LogP contribution is 2.54. The summed E-state index contributed by atoms with van der Waals surface area (Å²) in [6.07, 6.45) is 0. The SMILES string of the molecule is N#Cc1ccc(-c2nc(-c3ccccc3)nc(-c3cccc(-n4c5ccccc5c5c6c7ccccc7c7ccccc7c6c6ccccc6c54)c3)n2)cc1.N#Cc1ccc2cc(-n3c4ccccc4c4c5c6ccccc6c6ccccc6c5c5ccccc5c43)ccc2c1.c1ccc(-c2nc(-n3c4ccccc4c4c5c6ccccc6c6ccccc6c5c5ccccc5c43)nc3c2sc2ccccc23)cc1. The first kappa shape index (κ1) is 81.7. The number of para-hydroxylation sites is 3. The molecule has 0 fully saturated rings. The topological polar surface area (TPSA) is 127 Å². The summed E-state index contributed by atoms with van der Waals surface area (Å²) in [4.78, 5) is 25.9. The van der Waals surface area contributed by atoms with E-state index in [1.54, 1.807) is 23.5 Å². The maximum atomic E-state index is 9.43. The number of thiophene rings is 1. The molecule has 0 N–H and O–H groups in total. The summed E-state index contributed by atoms with van der Waals surface area (Å²) in [6, 6.07) is 168. The fraction of sp³-hybridized carbons (Fsp3) is 0. The molecule has 144 heavy (non-hydrogen) atoms. The van der Waals surface area contributed by atoms with Crippen molar-refractivity contribution in [3.8, 4) is 74.9 Å². The van der Waals surface area contributed by atoms with Gasteiger partial charge in [-0.15, -0.1) is 11.3 Å². The van der Waals surface area contributed by atoms with Gasteiger partial charge < -0.3 is 9.13 Å². The van der Waals surface area contributed by atoms with Gasteiger partial charge in [-0.05, 0) is 193 Å². The van der Waals surface area contributed by atoms with E-state index in [1.807, 2.05) is 54.6 Å². The molecule has 0 amide bonds. The molecule has 0 radical (unpaired) electrons. The number of nitriles is 2. The molecule has 6 aromatic heterocycles. The Hall–Kier alpha value is -19.4. The van der Waals surface area contributed by atoms with E-state index in [0.29, 0.717) is 34.5 Å². The number of rotatable bonds is 7. The third kappa shape index (κ3) is 12.4. The number of benzene rings is 25. The third-order valence-corrected chi connectivity index (χ3v) is 30.7. The number of aromatic nitrogens is 8. The number of nitrogens with zero attached hydrogens (tertiary/aromatic N) is 10. The highest BCUT2D eigenvalue weighted by Gasteiger charge is 2.30. The zero-order chi connectivity index (χ0) is 94.9. The van der Waals surface area contributed by atoms with Gasteiger partial charge in [-0.2, -0.15) is 10.5 Å². The molecule has 0 saturated heterocycles. The Morgan fingerprint density at radius 3 is 0.951 bits per heavy atom. The Bertz CT molecular complexity index is 11100. The van der Waals surface area contributed by atoms with Crippen molar-refractivity contribution >= 4 is 237 Å². The van der Waals surface area contributed by atoms with Gasteiger partial charge in [-0.25, -0.2) is 24.9 Å². The molecule has 6 heterocycles. The van der Waals surface area contributed by atoms with Crippen molar-refractivity contribution in [2.24, 2.45) is 0 Å². The van der Waals surface area contributed by atoms with Crippen molar-refractivity contribution < 1.29 is 0 Å². The normalized spacial score (nSPS) is 11.9. The molecule has 0 spiro atoms. The van der Waals surface area contributed by atoms with Gasteiger partial charge in [0.2, 0.25) is 5.95 Å². The van der Waals surface area contributed by atoms with Crippen LogP contribution in [0.15, 0.2) is 461 Å². The van der Waals surface area contributed by atoms with E-state index < -0.39 is 0 Å². The lowest BCUT2D eigenvalue weighted by molar-refractivity contribution is 1.02. The zero-order valence-electron chi connectivity index (χ0n) is 77.3. The van der Waals surface area contributed by atoms with Crippen LogP contribution in [0.2, 0.25) is 0 Å². The molecule has 25 aromatic carbocycles. The van der Waals surface area contributed by atoms with Crippen molar-refractivity contribution in [3.05, 3.63) is 472 Å². The summed E-state index contributed by atoms with van der Waals surface area (Å²) >= 11 is 1.77. The molecular formula is C133H76N10S. The standard InChI is InChI=1S/C50H29N5.C44H25N3S.C39H22N2/c51-30-31-25-27-33(28-26-31)49-52-48(32-13-2-1-3-14-32)53-50(54-49)34-15-12-16-35(29-34)55-43-24-11-10-23-42(43)46-45-39-20-7-5-18-37(39)36-17-4-6-19-38(36)44(45)40-21-8-9-22-41(40)47(46)55;1-2-14-26(15-3-1)40-43-41(34-23-11-13-25-36(34)48-43)46-44(45-40)47-35-24-12-10-22-33(35)39-38-30-19-7-5-17-28(30)27-16-4-6-18-29(27)37(38)31-20-8-9-21-32(31)42(39)47;40-23-24-17-18-26-22-27(20-19-25(26)21-24)41-35-16-8-7-15-34(35)38-37-31-12-4-2-10-29(31)28-9-1-3-11-30(28)36(37)32-13-5-6-14-33(32)39(38)41/h1-29H;1-25H;1-22H. The van der Waals surface area contributed by atoms with Gasteiger partial charge in [-0.1, -0.05) is 376 Å². The first-order valence-corrected chi connectivity index (χ1v) is 49.4. The van der Waals surface area contributed by atoms with Crippen LogP contribution in [0, 0.1) is 22.7 Å². The minimum Gasteiger partial charge on any atom is -0.309 e. The molecule has 0 atom stereocenters. The highest BCUT2D eigenvalue weighted by molar-refractivity contribution is 7.26.